The Labute approximate surface area is 112 Å². The maximum atomic E-state index is 4.79. The summed E-state index contributed by atoms with van der Waals surface area (Å²) < 4.78 is 0. The molecule has 1 aromatic carbocycles. The molecule has 1 aromatic heterocycles. The Morgan fingerprint density at radius 2 is 1.94 bits per heavy atom. The summed E-state index contributed by atoms with van der Waals surface area (Å²) in [6.45, 7) is 6.35. The second-order valence-electron chi connectivity index (χ2n) is 4.86. The van der Waals surface area contributed by atoms with Crippen molar-refractivity contribution in [1.82, 2.24) is 4.98 Å². The van der Waals surface area contributed by atoms with Crippen molar-refractivity contribution >= 4 is 27.7 Å². The second-order valence-corrected chi connectivity index (χ2v) is 6.19. The Balaban J connectivity index is 2.02. The van der Waals surface area contributed by atoms with E-state index in [1.807, 2.05) is 11.8 Å². The normalized spacial score (nSPS) is 23.4. The number of aromatic nitrogens is 1. The van der Waals surface area contributed by atoms with Gasteiger partial charge in [0, 0.05) is 5.39 Å². The molecule has 2 heterocycles. The lowest BCUT2D eigenvalue weighted by Crippen LogP contribution is -2.06. The van der Waals surface area contributed by atoms with Crippen LogP contribution in [0.25, 0.3) is 10.9 Å². The smallest absolute Gasteiger partial charge is 0.0749 e. The third kappa shape index (κ3) is 2.03. The fraction of sp³-hybridized carbons (Fsp3) is 0.333. The molecule has 0 amide bonds. The predicted molar refractivity (Wildman–Crippen MR) is 79.4 cm³/mol. The van der Waals surface area contributed by atoms with Crippen LogP contribution in [0.15, 0.2) is 35.3 Å². The van der Waals surface area contributed by atoms with E-state index in [1.54, 1.807) is 0 Å². The van der Waals surface area contributed by atoms with Crippen LogP contribution >= 0.6 is 11.8 Å². The summed E-state index contributed by atoms with van der Waals surface area (Å²) in [5, 5.41) is 2.75. The summed E-state index contributed by atoms with van der Waals surface area (Å²) in [5.74, 6) is 0. The molecule has 0 spiro atoms. The molecular weight excluding hydrogens is 240 g/mol. The average Bonchev–Trinajstić information content (AvgIpc) is 2.68. The maximum absolute atomic E-state index is 4.79. The van der Waals surface area contributed by atoms with Crippen molar-refractivity contribution < 1.29 is 0 Å². The molecule has 0 saturated heterocycles. The molecular formula is C15H16N2S. The Bertz CT molecular complexity index is 633. The van der Waals surface area contributed by atoms with Crippen LogP contribution in [0.4, 0.5) is 0 Å². The number of aryl methyl sites for hydroxylation is 1. The van der Waals surface area contributed by atoms with Gasteiger partial charge in [-0.3, -0.25) is 9.98 Å². The van der Waals surface area contributed by atoms with Crippen LogP contribution in [0.5, 0.6) is 0 Å². The standard InChI is InChI=1S/C15H16N2S/c1-9-4-6-13-12(8-9)5-7-14(17-13)15-10(2)16-11(3)18-15/h4-8,10,15H,1-3H3. The van der Waals surface area contributed by atoms with E-state index in [2.05, 4.69) is 56.1 Å². The van der Waals surface area contributed by atoms with E-state index >= 15 is 0 Å². The lowest BCUT2D eigenvalue weighted by molar-refractivity contribution is 0.726. The third-order valence-electron chi connectivity index (χ3n) is 3.28. The molecule has 0 radical (unpaired) electrons. The van der Waals surface area contributed by atoms with Crippen LogP contribution in [0, 0.1) is 6.92 Å². The molecule has 92 valence electrons. The number of thioether (sulfide) groups is 1. The molecule has 2 nitrogen and oxygen atoms in total. The number of hydrogen-bond donors (Lipinski definition) is 0. The van der Waals surface area contributed by atoms with Crippen LogP contribution in [0.1, 0.15) is 30.4 Å². The molecule has 3 heteroatoms. The molecule has 2 aromatic rings. The van der Waals surface area contributed by atoms with Crippen LogP contribution in [0.3, 0.4) is 0 Å². The highest BCUT2D eigenvalue weighted by atomic mass is 32.2. The number of benzene rings is 1. The van der Waals surface area contributed by atoms with Crippen molar-refractivity contribution in [3.05, 3.63) is 41.6 Å². The third-order valence-corrected chi connectivity index (χ3v) is 4.61. The number of nitrogens with zero attached hydrogens (tertiary/aromatic N) is 2. The Hall–Kier alpha value is -1.35. The molecule has 0 bridgehead atoms. The zero-order chi connectivity index (χ0) is 12.7. The van der Waals surface area contributed by atoms with Crippen LogP contribution in [-0.4, -0.2) is 16.1 Å². The molecule has 2 atom stereocenters. The van der Waals surface area contributed by atoms with Gasteiger partial charge in [-0.25, -0.2) is 0 Å². The lowest BCUT2D eigenvalue weighted by atomic mass is 10.1. The minimum atomic E-state index is 0.324. The van der Waals surface area contributed by atoms with Crippen molar-refractivity contribution in [2.45, 2.75) is 32.1 Å². The molecule has 0 aliphatic carbocycles. The minimum absolute atomic E-state index is 0.324. The van der Waals surface area contributed by atoms with E-state index < -0.39 is 0 Å². The number of hydrogen-bond acceptors (Lipinski definition) is 3. The number of aliphatic imine (C=N–C) groups is 1. The summed E-state index contributed by atoms with van der Waals surface area (Å²) in [5.41, 5.74) is 3.50. The van der Waals surface area contributed by atoms with Crippen LogP contribution in [0.2, 0.25) is 0 Å². The summed E-state index contributed by atoms with van der Waals surface area (Å²) >= 11 is 1.83. The number of fused-ring (bicyclic) bond motifs is 1. The summed E-state index contributed by atoms with van der Waals surface area (Å²) in [6, 6.07) is 11.0. The van der Waals surface area contributed by atoms with Crippen molar-refractivity contribution in [1.29, 1.82) is 0 Å². The van der Waals surface area contributed by atoms with Gasteiger partial charge in [0.15, 0.2) is 0 Å². The van der Waals surface area contributed by atoms with E-state index in [0.29, 0.717) is 11.3 Å². The average molecular weight is 256 g/mol. The first-order valence-corrected chi connectivity index (χ1v) is 7.10. The van der Waals surface area contributed by atoms with E-state index in [-0.39, 0.29) is 0 Å². The van der Waals surface area contributed by atoms with Crippen molar-refractivity contribution in [3.8, 4) is 0 Å². The lowest BCUT2D eigenvalue weighted by Gasteiger charge is -2.13. The fourth-order valence-corrected chi connectivity index (χ4v) is 3.50. The van der Waals surface area contributed by atoms with Crippen molar-refractivity contribution in [2.24, 2.45) is 4.99 Å². The zero-order valence-electron chi connectivity index (χ0n) is 10.8. The molecule has 1 aliphatic heterocycles. The highest BCUT2D eigenvalue weighted by Gasteiger charge is 2.27. The highest BCUT2D eigenvalue weighted by Crippen LogP contribution is 2.39. The van der Waals surface area contributed by atoms with Gasteiger partial charge in [0.25, 0.3) is 0 Å². The predicted octanol–water partition coefficient (Wildman–Crippen LogP) is 4.14. The van der Waals surface area contributed by atoms with Gasteiger partial charge in [-0.2, -0.15) is 0 Å². The molecule has 3 rings (SSSR count). The zero-order valence-corrected chi connectivity index (χ0v) is 11.7. The molecule has 1 aliphatic rings. The van der Waals surface area contributed by atoms with Crippen molar-refractivity contribution in [3.63, 3.8) is 0 Å². The van der Waals surface area contributed by atoms with Gasteiger partial charge in [-0.1, -0.05) is 29.5 Å². The molecule has 2 unspecified atom stereocenters. The quantitative estimate of drug-likeness (QED) is 0.766. The van der Waals surface area contributed by atoms with Gasteiger partial charge in [0.2, 0.25) is 0 Å². The first-order valence-electron chi connectivity index (χ1n) is 6.22. The van der Waals surface area contributed by atoms with E-state index in [9.17, 15) is 0 Å². The van der Waals surface area contributed by atoms with Gasteiger partial charge in [0.05, 0.1) is 27.5 Å². The first kappa shape index (κ1) is 11.7. The summed E-state index contributed by atoms with van der Waals surface area (Å²) in [6.07, 6.45) is 0. The van der Waals surface area contributed by atoms with E-state index in [0.717, 1.165) is 11.2 Å². The first-order chi connectivity index (χ1) is 8.63. The van der Waals surface area contributed by atoms with Gasteiger partial charge in [-0.15, -0.1) is 0 Å². The van der Waals surface area contributed by atoms with Gasteiger partial charge >= 0.3 is 0 Å². The number of rotatable bonds is 1. The van der Waals surface area contributed by atoms with Crippen LogP contribution in [-0.2, 0) is 0 Å². The monoisotopic (exact) mass is 256 g/mol. The summed E-state index contributed by atoms with van der Waals surface area (Å²) in [4.78, 5) is 9.37. The minimum Gasteiger partial charge on any atom is -0.279 e. The molecule has 0 saturated carbocycles. The van der Waals surface area contributed by atoms with Gasteiger partial charge in [-0.05, 0) is 39.0 Å². The fourth-order valence-electron chi connectivity index (χ4n) is 2.39. The molecule has 0 fully saturated rings. The SMILES string of the molecule is CC1=NC(C)C(c2ccc3cc(C)ccc3n2)S1. The summed E-state index contributed by atoms with van der Waals surface area (Å²) in [7, 11) is 0. The maximum Gasteiger partial charge on any atom is 0.0749 e. The largest absolute Gasteiger partial charge is 0.279 e. The van der Waals surface area contributed by atoms with E-state index in [4.69, 9.17) is 4.98 Å². The van der Waals surface area contributed by atoms with Crippen LogP contribution < -0.4 is 0 Å². The molecule has 0 N–H and O–H groups in total. The van der Waals surface area contributed by atoms with Crippen molar-refractivity contribution in [2.75, 3.05) is 0 Å². The van der Waals surface area contributed by atoms with E-state index in [1.165, 1.54) is 16.0 Å². The Morgan fingerprint density at radius 1 is 1.11 bits per heavy atom. The Morgan fingerprint density at radius 3 is 2.67 bits per heavy atom. The number of pyridine rings is 1. The van der Waals surface area contributed by atoms with Gasteiger partial charge < -0.3 is 0 Å². The highest BCUT2D eigenvalue weighted by molar-refractivity contribution is 8.14. The second kappa shape index (κ2) is 4.39. The molecule has 18 heavy (non-hydrogen) atoms. The van der Waals surface area contributed by atoms with Gasteiger partial charge in [0.1, 0.15) is 0 Å². The Kier molecular flexibility index (Phi) is 2.86. The topological polar surface area (TPSA) is 25.2 Å².